The van der Waals surface area contributed by atoms with E-state index in [0.29, 0.717) is 6.54 Å². The number of fused-ring (bicyclic) bond motifs is 4. The summed E-state index contributed by atoms with van der Waals surface area (Å²) in [6.45, 7) is 8.73. The lowest BCUT2D eigenvalue weighted by Crippen LogP contribution is -2.00. The lowest BCUT2D eigenvalue weighted by atomic mass is 9.98. The summed E-state index contributed by atoms with van der Waals surface area (Å²) < 4.78 is 0. The molecule has 0 bridgehead atoms. The van der Waals surface area contributed by atoms with Crippen LogP contribution >= 0.6 is 0 Å². The van der Waals surface area contributed by atoms with E-state index in [1.165, 1.54) is 5.56 Å². The highest BCUT2D eigenvalue weighted by atomic mass is 14.8. The van der Waals surface area contributed by atoms with E-state index in [-0.39, 0.29) is 0 Å². The Morgan fingerprint density at radius 2 is 1.30 bits per heavy atom. The Kier molecular flexibility index (Phi) is 9.55. The van der Waals surface area contributed by atoms with E-state index in [9.17, 15) is 0 Å². The molecule has 0 aliphatic rings. The van der Waals surface area contributed by atoms with Crippen LogP contribution in [0.25, 0.3) is 72.0 Å². The number of rotatable bonds is 9. The Morgan fingerprint density at radius 1 is 0.579 bits per heavy atom. The predicted octanol–water partition coefficient (Wildman–Crippen LogP) is 12.7. The highest BCUT2D eigenvalue weighted by Gasteiger charge is 2.13. The van der Waals surface area contributed by atoms with Gasteiger partial charge in [-0.1, -0.05) is 140 Å². The van der Waals surface area contributed by atoms with Crippen LogP contribution in [0.15, 0.2) is 186 Å². The summed E-state index contributed by atoms with van der Waals surface area (Å²) in [6, 6.07) is 56.6. The molecular formula is C52H39N5. The number of hydrogen-bond acceptors (Lipinski definition) is 5. The van der Waals surface area contributed by atoms with Crippen molar-refractivity contribution in [3.05, 3.63) is 204 Å². The number of aliphatic imine (C=N–C) groups is 2. The first kappa shape index (κ1) is 35.3. The third-order valence-corrected chi connectivity index (χ3v) is 10.4. The van der Waals surface area contributed by atoms with E-state index in [2.05, 4.69) is 153 Å². The third-order valence-electron chi connectivity index (χ3n) is 10.4. The fourth-order valence-corrected chi connectivity index (χ4v) is 7.45. The van der Waals surface area contributed by atoms with Crippen molar-refractivity contribution in [3.8, 4) is 33.6 Å². The smallest absolute Gasteiger partial charge is 0.0975 e. The number of aromatic nitrogens is 3. The summed E-state index contributed by atoms with van der Waals surface area (Å²) in [7, 11) is 0. The average Bonchev–Trinajstić information content (AvgIpc) is 3.26. The van der Waals surface area contributed by atoms with Gasteiger partial charge in [-0.15, -0.1) is 0 Å². The number of para-hydroxylation sites is 1. The lowest BCUT2D eigenvalue weighted by Gasteiger charge is -2.11. The maximum atomic E-state index is 5.23. The van der Waals surface area contributed by atoms with Crippen LogP contribution in [0.4, 0.5) is 0 Å². The zero-order chi connectivity index (χ0) is 38.7. The molecule has 0 atom stereocenters. The molecule has 5 heteroatoms. The summed E-state index contributed by atoms with van der Waals surface area (Å²) in [5.41, 5.74) is 15.7. The van der Waals surface area contributed by atoms with E-state index in [0.717, 1.165) is 100 Å². The van der Waals surface area contributed by atoms with Crippen LogP contribution < -0.4 is 0 Å². The van der Waals surface area contributed by atoms with E-state index in [1.54, 1.807) is 0 Å². The van der Waals surface area contributed by atoms with Gasteiger partial charge in [0.15, 0.2) is 0 Å². The van der Waals surface area contributed by atoms with Crippen molar-refractivity contribution in [2.45, 2.75) is 20.4 Å². The highest BCUT2D eigenvalue weighted by molar-refractivity contribution is 6.13. The van der Waals surface area contributed by atoms with E-state index in [4.69, 9.17) is 19.9 Å². The predicted molar refractivity (Wildman–Crippen MR) is 239 cm³/mol. The fraction of sp³-hybridized carbons (Fsp3) is 0.0577. The number of nitrogens with zero attached hydrogens (tertiary/aromatic N) is 5. The Hall–Kier alpha value is -7.37. The summed E-state index contributed by atoms with van der Waals surface area (Å²) in [6.07, 6.45) is 3.96. The van der Waals surface area contributed by atoms with E-state index >= 15 is 0 Å². The van der Waals surface area contributed by atoms with Gasteiger partial charge in [0, 0.05) is 44.6 Å². The van der Waals surface area contributed by atoms with Gasteiger partial charge in [-0.25, -0.2) is 9.97 Å². The first-order chi connectivity index (χ1) is 28.0. The molecule has 3 aromatic heterocycles. The second-order valence-corrected chi connectivity index (χ2v) is 14.3. The molecule has 9 aromatic rings. The monoisotopic (exact) mass is 733 g/mol. The van der Waals surface area contributed by atoms with Gasteiger partial charge < -0.3 is 0 Å². The summed E-state index contributed by atoms with van der Waals surface area (Å²) in [5, 5.41) is 3.28. The van der Waals surface area contributed by atoms with Crippen molar-refractivity contribution in [3.63, 3.8) is 0 Å². The van der Waals surface area contributed by atoms with Crippen molar-refractivity contribution >= 4 is 50.8 Å². The molecule has 57 heavy (non-hydrogen) atoms. The topological polar surface area (TPSA) is 63.4 Å². The van der Waals surface area contributed by atoms with Gasteiger partial charge in [-0.2, -0.15) is 0 Å². The summed E-state index contributed by atoms with van der Waals surface area (Å²) in [4.78, 5) is 24.8. The molecule has 0 spiro atoms. The minimum absolute atomic E-state index is 0.524. The first-order valence-electron chi connectivity index (χ1n) is 19.1. The molecule has 6 aromatic carbocycles. The van der Waals surface area contributed by atoms with Gasteiger partial charge in [0.25, 0.3) is 0 Å². The molecule has 0 saturated heterocycles. The lowest BCUT2D eigenvalue weighted by molar-refractivity contribution is 1.07. The number of hydrogen-bond donors (Lipinski definition) is 0. The zero-order valence-electron chi connectivity index (χ0n) is 31.9. The average molecular weight is 734 g/mol. The van der Waals surface area contributed by atoms with Gasteiger partial charge in [0.05, 0.1) is 45.9 Å². The molecule has 0 saturated carbocycles. The number of allylic oxidation sites excluding steroid dienone is 1. The van der Waals surface area contributed by atoms with Gasteiger partial charge in [0.2, 0.25) is 0 Å². The molecule has 272 valence electrons. The molecule has 0 amide bonds. The second-order valence-electron chi connectivity index (χ2n) is 14.3. The third kappa shape index (κ3) is 7.27. The molecule has 0 aliphatic heterocycles. The van der Waals surface area contributed by atoms with Crippen LogP contribution in [0.5, 0.6) is 0 Å². The molecule has 0 N–H and O–H groups in total. The van der Waals surface area contributed by atoms with Gasteiger partial charge in [-0.05, 0) is 78.7 Å². The minimum atomic E-state index is 0.524. The Bertz CT molecular complexity index is 3000. The van der Waals surface area contributed by atoms with Crippen molar-refractivity contribution < 1.29 is 0 Å². The van der Waals surface area contributed by atoms with Crippen LogP contribution in [-0.4, -0.2) is 27.4 Å². The number of aryl methyl sites for hydroxylation is 2. The quantitative estimate of drug-likeness (QED) is 0.110. The van der Waals surface area contributed by atoms with Crippen LogP contribution in [0.3, 0.4) is 0 Å². The molecular weight excluding hydrogens is 695 g/mol. The minimum Gasteiger partial charge on any atom is -0.280 e. The standard InChI is InChI=1S/C52H39N5/c1-34-28-43-18-11-19-45(50(43)55-32-34)41-16-10-17-42(30-41)47(53-3)31-48(54-33-36-12-6-4-7-13-36)39-22-20-38(21-23-39)46-27-25-40-24-26-44-35(2)29-49(37-14-8-5-9-15-37)57-52(44)51(40)56-46/h4-32H,3,33H2,1-2H3/b47-31-,54-48?. The fourth-order valence-electron chi connectivity index (χ4n) is 7.45. The zero-order valence-corrected chi connectivity index (χ0v) is 31.9. The highest BCUT2D eigenvalue weighted by Crippen LogP contribution is 2.33. The van der Waals surface area contributed by atoms with E-state index in [1.807, 2.05) is 48.7 Å². The number of pyridine rings is 3. The van der Waals surface area contributed by atoms with Crippen LogP contribution in [0.1, 0.15) is 27.8 Å². The van der Waals surface area contributed by atoms with Crippen LogP contribution in [0.2, 0.25) is 0 Å². The van der Waals surface area contributed by atoms with Gasteiger partial charge in [-0.3, -0.25) is 15.0 Å². The van der Waals surface area contributed by atoms with E-state index < -0.39 is 0 Å². The second kappa shape index (κ2) is 15.4. The Morgan fingerprint density at radius 3 is 2.11 bits per heavy atom. The van der Waals surface area contributed by atoms with Crippen molar-refractivity contribution in [1.29, 1.82) is 0 Å². The normalized spacial score (nSPS) is 12.0. The van der Waals surface area contributed by atoms with Gasteiger partial charge >= 0.3 is 0 Å². The maximum Gasteiger partial charge on any atom is 0.0975 e. The summed E-state index contributed by atoms with van der Waals surface area (Å²) in [5.74, 6) is 0. The molecule has 0 fully saturated rings. The largest absolute Gasteiger partial charge is 0.280 e. The number of benzene rings is 6. The molecule has 0 radical (unpaired) electrons. The summed E-state index contributed by atoms with van der Waals surface area (Å²) >= 11 is 0. The van der Waals surface area contributed by atoms with Crippen LogP contribution in [0, 0.1) is 13.8 Å². The molecule has 3 heterocycles. The SMILES string of the molecule is C=N/C(=C\C(=NCc1ccccc1)c1ccc(-c2ccc3ccc4c(C)cc(-c5ccccc5)nc4c3n2)cc1)c1cccc(-c2cccc3cc(C)cnc23)c1. The molecule has 9 rings (SSSR count). The molecule has 0 aliphatic carbocycles. The van der Waals surface area contributed by atoms with Crippen molar-refractivity contribution in [1.82, 2.24) is 15.0 Å². The maximum absolute atomic E-state index is 5.23. The molecule has 5 nitrogen and oxygen atoms in total. The van der Waals surface area contributed by atoms with Crippen LogP contribution in [-0.2, 0) is 6.54 Å². The van der Waals surface area contributed by atoms with Gasteiger partial charge in [0.1, 0.15) is 0 Å². The van der Waals surface area contributed by atoms with Crippen molar-refractivity contribution in [2.24, 2.45) is 9.98 Å². The Labute approximate surface area is 332 Å². The van der Waals surface area contributed by atoms with Crippen molar-refractivity contribution in [2.75, 3.05) is 0 Å². The first-order valence-corrected chi connectivity index (χ1v) is 19.1. The Balaban J connectivity index is 1.09. The molecule has 0 unspecified atom stereocenters.